The minimum atomic E-state index is -4.07. The molecule has 0 bridgehead atoms. The normalized spacial score (nSPS) is 31.4. The third-order valence-electron chi connectivity index (χ3n) is 2.60. The number of hydrogen-bond acceptors (Lipinski definition) is 1. The van der Waals surface area contributed by atoms with Crippen LogP contribution in [-0.2, 0) is 4.74 Å². The Morgan fingerprint density at radius 3 is 2.46 bits per heavy atom. The third kappa shape index (κ3) is 3.30. The molecule has 0 aromatic rings. The number of alkyl halides is 3. The Morgan fingerprint density at radius 2 is 2.08 bits per heavy atom. The van der Waals surface area contributed by atoms with Crippen molar-refractivity contribution in [2.24, 2.45) is 0 Å². The van der Waals surface area contributed by atoms with Crippen LogP contribution in [-0.4, -0.2) is 27.5 Å². The van der Waals surface area contributed by atoms with Gasteiger partial charge in [-0.3, -0.25) is 0 Å². The fourth-order valence-corrected chi connectivity index (χ4v) is 3.30. The van der Waals surface area contributed by atoms with E-state index in [1.165, 1.54) is 0 Å². The van der Waals surface area contributed by atoms with Crippen molar-refractivity contribution in [2.75, 3.05) is 6.61 Å². The molecule has 1 unspecified atom stereocenters. The van der Waals surface area contributed by atoms with Crippen LogP contribution in [0.1, 0.15) is 25.7 Å². The fraction of sp³-hybridized carbons (Fsp3) is 1.00. The molecule has 0 aromatic carbocycles. The first-order valence-electron chi connectivity index (χ1n) is 4.68. The van der Waals surface area contributed by atoms with E-state index in [2.05, 4.69) is 0 Å². The summed E-state index contributed by atoms with van der Waals surface area (Å²) in [5.74, 6) is 0. The number of halogens is 3. The standard InChI is InChI=1S/C8H15F3OSi/c1-13-7(6-8(9,10)11)4-2-3-5-12-7/h2-6,13H2,1H3. The van der Waals surface area contributed by atoms with Crippen LogP contribution in [0.4, 0.5) is 13.2 Å². The predicted molar refractivity (Wildman–Crippen MR) is 47.6 cm³/mol. The Kier molecular flexibility index (Phi) is 3.40. The smallest absolute Gasteiger partial charge is 0.379 e. The molecule has 1 fully saturated rings. The van der Waals surface area contributed by atoms with Crippen molar-refractivity contribution < 1.29 is 17.9 Å². The molecule has 0 spiro atoms. The van der Waals surface area contributed by atoms with Crippen LogP contribution in [0.3, 0.4) is 0 Å². The highest BCUT2D eigenvalue weighted by molar-refractivity contribution is 6.37. The van der Waals surface area contributed by atoms with E-state index in [1.54, 1.807) is 0 Å². The van der Waals surface area contributed by atoms with Gasteiger partial charge < -0.3 is 4.74 Å². The van der Waals surface area contributed by atoms with Gasteiger partial charge in [-0.1, -0.05) is 6.55 Å². The Labute approximate surface area is 78.5 Å². The molecule has 1 atom stereocenters. The topological polar surface area (TPSA) is 9.23 Å². The van der Waals surface area contributed by atoms with Crippen LogP contribution < -0.4 is 0 Å². The van der Waals surface area contributed by atoms with Gasteiger partial charge in [0.15, 0.2) is 0 Å². The lowest BCUT2D eigenvalue weighted by atomic mass is 10.1. The maximum absolute atomic E-state index is 12.2. The van der Waals surface area contributed by atoms with Gasteiger partial charge in [0, 0.05) is 6.61 Å². The van der Waals surface area contributed by atoms with E-state index in [0.29, 0.717) is 13.0 Å². The summed E-state index contributed by atoms with van der Waals surface area (Å²) in [6.45, 7) is 2.41. The van der Waals surface area contributed by atoms with Crippen molar-refractivity contribution in [1.82, 2.24) is 0 Å². The van der Waals surface area contributed by atoms with Crippen LogP contribution in [0.15, 0.2) is 0 Å². The van der Waals surface area contributed by atoms with Crippen LogP contribution in [0, 0.1) is 0 Å². The molecule has 0 saturated carbocycles. The molecule has 1 heterocycles. The van der Waals surface area contributed by atoms with Crippen LogP contribution >= 0.6 is 0 Å². The molecule has 1 nitrogen and oxygen atoms in total. The third-order valence-corrected chi connectivity index (χ3v) is 4.70. The molecule has 13 heavy (non-hydrogen) atoms. The van der Waals surface area contributed by atoms with Crippen molar-refractivity contribution in [3.63, 3.8) is 0 Å². The van der Waals surface area contributed by atoms with Gasteiger partial charge in [-0.2, -0.15) is 13.2 Å². The minimum Gasteiger partial charge on any atom is -0.379 e. The molecule has 1 rings (SSSR count). The molecule has 0 radical (unpaired) electrons. The molecule has 5 heteroatoms. The lowest BCUT2D eigenvalue weighted by Crippen LogP contribution is -2.44. The molecule has 0 aliphatic carbocycles. The van der Waals surface area contributed by atoms with Gasteiger partial charge in [0.05, 0.1) is 21.2 Å². The van der Waals surface area contributed by atoms with Gasteiger partial charge in [0.1, 0.15) is 0 Å². The summed E-state index contributed by atoms with van der Waals surface area (Å²) in [5.41, 5.74) is 0. The van der Waals surface area contributed by atoms with E-state index < -0.39 is 27.3 Å². The summed E-state index contributed by atoms with van der Waals surface area (Å²) < 4.78 is 42.0. The SMILES string of the molecule is C[SiH2]C1(CC(F)(F)F)CCCCO1. The van der Waals surface area contributed by atoms with Crippen LogP contribution in [0.2, 0.25) is 6.55 Å². The van der Waals surface area contributed by atoms with Gasteiger partial charge in [-0.15, -0.1) is 0 Å². The van der Waals surface area contributed by atoms with Crippen molar-refractivity contribution >= 4 is 9.52 Å². The van der Waals surface area contributed by atoms with E-state index in [-0.39, 0.29) is 0 Å². The molecule has 0 N–H and O–H groups in total. The summed E-state index contributed by atoms with van der Waals surface area (Å²) in [7, 11) is -0.761. The maximum atomic E-state index is 12.2. The lowest BCUT2D eigenvalue weighted by Gasteiger charge is -2.37. The molecular formula is C8H15F3OSi. The second kappa shape index (κ2) is 4.00. The Balaban J connectivity index is 2.57. The Morgan fingerprint density at radius 1 is 1.38 bits per heavy atom. The molecule has 1 aliphatic rings. The molecule has 78 valence electrons. The van der Waals surface area contributed by atoms with Crippen molar-refractivity contribution in [3.05, 3.63) is 0 Å². The fourth-order valence-electron chi connectivity index (χ4n) is 1.82. The van der Waals surface area contributed by atoms with Gasteiger partial charge in [-0.25, -0.2) is 0 Å². The molecule has 1 saturated heterocycles. The molecule has 1 aliphatic heterocycles. The van der Waals surface area contributed by atoms with Crippen molar-refractivity contribution in [1.29, 1.82) is 0 Å². The lowest BCUT2D eigenvalue weighted by molar-refractivity contribution is -0.176. The minimum absolute atomic E-state index is 0.511. The van der Waals surface area contributed by atoms with Gasteiger partial charge in [0.25, 0.3) is 0 Å². The molecular weight excluding hydrogens is 197 g/mol. The first kappa shape index (κ1) is 11.0. The average molecular weight is 212 g/mol. The monoisotopic (exact) mass is 212 g/mol. The average Bonchev–Trinajstić information content (AvgIpc) is 2.03. The Bertz CT molecular complexity index is 163. The second-order valence-electron chi connectivity index (χ2n) is 3.63. The zero-order valence-electron chi connectivity index (χ0n) is 7.78. The van der Waals surface area contributed by atoms with E-state index in [4.69, 9.17) is 4.74 Å². The largest absolute Gasteiger partial charge is 0.391 e. The van der Waals surface area contributed by atoms with E-state index in [0.717, 1.165) is 12.8 Å². The summed E-state index contributed by atoms with van der Waals surface area (Å²) >= 11 is 0. The summed E-state index contributed by atoms with van der Waals surface area (Å²) in [6, 6.07) is 0. The van der Waals surface area contributed by atoms with Crippen LogP contribution in [0.5, 0.6) is 0 Å². The zero-order valence-corrected chi connectivity index (χ0v) is 9.20. The van der Waals surface area contributed by atoms with Crippen molar-refractivity contribution in [3.8, 4) is 0 Å². The molecule has 0 aromatic heterocycles. The van der Waals surface area contributed by atoms with E-state index in [1.807, 2.05) is 6.55 Å². The summed E-state index contributed by atoms with van der Waals surface area (Å²) in [4.78, 5) is 0. The predicted octanol–water partition coefficient (Wildman–Crippen LogP) is 2.05. The first-order chi connectivity index (χ1) is 5.97. The van der Waals surface area contributed by atoms with Crippen molar-refractivity contribution in [2.45, 2.75) is 43.6 Å². The van der Waals surface area contributed by atoms with Gasteiger partial charge in [0.2, 0.25) is 0 Å². The maximum Gasteiger partial charge on any atom is 0.391 e. The summed E-state index contributed by atoms with van der Waals surface area (Å²) in [5, 5.41) is -0.781. The van der Waals surface area contributed by atoms with E-state index in [9.17, 15) is 13.2 Å². The van der Waals surface area contributed by atoms with Crippen LogP contribution in [0.25, 0.3) is 0 Å². The molecule has 0 amide bonds. The Hall–Kier alpha value is -0.0331. The summed E-state index contributed by atoms with van der Waals surface area (Å²) in [6.07, 6.45) is -2.40. The van der Waals surface area contributed by atoms with Gasteiger partial charge >= 0.3 is 6.18 Å². The second-order valence-corrected chi connectivity index (χ2v) is 5.63. The van der Waals surface area contributed by atoms with Gasteiger partial charge in [-0.05, 0) is 19.3 Å². The quantitative estimate of drug-likeness (QED) is 0.637. The van der Waals surface area contributed by atoms with E-state index >= 15 is 0 Å². The number of rotatable bonds is 2. The highest BCUT2D eigenvalue weighted by atomic mass is 28.2. The first-order valence-corrected chi connectivity index (χ1v) is 6.80. The highest BCUT2D eigenvalue weighted by Crippen LogP contribution is 2.35. The highest BCUT2D eigenvalue weighted by Gasteiger charge is 2.42. The number of ether oxygens (including phenoxy) is 1. The number of hydrogen-bond donors (Lipinski definition) is 0. The zero-order chi connectivity index (χ0) is 9.95.